The van der Waals surface area contributed by atoms with Crippen LogP contribution in [0.15, 0.2) is 60.7 Å². The van der Waals surface area contributed by atoms with Crippen molar-refractivity contribution in [2.24, 2.45) is 0 Å². The summed E-state index contributed by atoms with van der Waals surface area (Å²) in [6.45, 7) is 2.66. The third kappa shape index (κ3) is 4.35. The number of hydrogen-bond acceptors (Lipinski definition) is 6. The molecule has 1 aromatic heterocycles. The first-order valence-electron chi connectivity index (χ1n) is 9.83. The lowest BCUT2D eigenvalue weighted by molar-refractivity contribution is -0.135. The van der Waals surface area contributed by atoms with Gasteiger partial charge in [0, 0.05) is 11.9 Å². The molecule has 154 valence electrons. The lowest BCUT2D eigenvalue weighted by atomic mass is 10.2. The molecule has 0 unspecified atom stereocenters. The second kappa shape index (κ2) is 8.82. The maximum absolute atomic E-state index is 12.6. The lowest BCUT2D eigenvalue weighted by Gasteiger charge is -2.30. The highest BCUT2D eigenvalue weighted by Gasteiger charge is 2.25. The minimum atomic E-state index is -0.628. The first kappa shape index (κ1) is 19.7. The Kier molecular flexibility index (Phi) is 5.79. The van der Waals surface area contributed by atoms with E-state index in [1.807, 2.05) is 55.5 Å². The number of pyridine rings is 1. The van der Waals surface area contributed by atoms with E-state index in [2.05, 4.69) is 4.98 Å². The van der Waals surface area contributed by atoms with Gasteiger partial charge in [-0.15, -0.1) is 0 Å². The maximum atomic E-state index is 12.6. The molecule has 0 saturated carbocycles. The molecule has 2 aromatic carbocycles. The number of esters is 1. The van der Waals surface area contributed by atoms with Crippen LogP contribution in [0.5, 0.6) is 11.5 Å². The van der Waals surface area contributed by atoms with Crippen molar-refractivity contribution in [1.29, 1.82) is 0 Å². The Bertz CT molecular complexity index is 1070. The van der Waals surface area contributed by atoms with Crippen LogP contribution in [-0.2, 0) is 9.53 Å². The van der Waals surface area contributed by atoms with Gasteiger partial charge in [-0.05, 0) is 31.2 Å². The number of benzene rings is 2. The van der Waals surface area contributed by atoms with Crippen molar-refractivity contribution in [2.45, 2.75) is 13.0 Å². The first-order chi connectivity index (χ1) is 14.6. The average Bonchev–Trinajstić information content (AvgIpc) is 2.80. The monoisotopic (exact) mass is 406 g/mol. The molecule has 1 amide bonds. The first-order valence-corrected chi connectivity index (χ1v) is 9.83. The van der Waals surface area contributed by atoms with Crippen molar-refractivity contribution in [2.75, 3.05) is 26.3 Å². The molecule has 1 atom stereocenters. The van der Waals surface area contributed by atoms with Gasteiger partial charge in [0.15, 0.2) is 24.2 Å². The zero-order chi connectivity index (χ0) is 20.9. The molecule has 0 saturated heterocycles. The van der Waals surface area contributed by atoms with Crippen molar-refractivity contribution in [3.05, 3.63) is 66.4 Å². The Hall–Kier alpha value is -3.61. The molecule has 7 heteroatoms. The Labute approximate surface area is 174 Å². The molecule has 1 aliphatic heterocycles. The number of aromatic nitrogens is 1. The van der Waals surface area contributed by atoms with Gasteiger partial charge in [-0.3, -0.25) is 4.79 Å². The minimum absolute atomic E-state index is 0.171. The molecule has 30 heavy (non-hydrogen) atoms. The van der Waals surface area contributed by atoms with Crippen LogP contribution in [0.1, 0.15) is 17.4 Å². The van der Waals surface area contributed by atoms with Crippen LogP contribution in [0, 0.1) is 0 Å². The molecule has 0 N–H and O–H groups in total. The summed E-state index contributed by atoms with van der Waals surface area (Å²) in [5, 5.41) is 0.929. The number of fused-ring (bicyclic) bond motifs is 2. The molecule has 3 aromatic rings. The van der Waals surface area contributed by atoms with Crippen molar-refractivity contribution >= 4 is 22.8 Å². The standard InChI is InChI=1S/C23H22N2O5/c1-2-25(13-17-14-28-20-9-5-6-10-21(20)30-17)22(26)15-29-23(27)19-12-11-16-7-3-4-8-18(16)24-19/h3-12,17H,2,13-15H2,1H3/t17-/m0/s1. The number of amides is 1. The van der Waals surface area contributed by atoms with Gasteiger partial charge in [-0.25, -0.2) is 9.78 Å². The van der Waals surface area contributed by atoms with E-state index in [1.165, 1.54) is 0 Å². The number of carbonyl (C=O) groups is 2. The molecule has 0 spiro atoms. The second-order valence-electron chi connectivity index (χ2n) is 6.90. The van der Waals surface area contributed by atoms with E-state index in [0.29, 0.717) is 36.7 Å². The van der Waals surface area contributed by atoms with E-state index in [1.54, 1.807) is 17.0 Å². The number of carbonyl (C=O) groups excluding carboxylic acids is 2. The third-order valence-corrected chi connectivity index (χ3v) is 4.86. The maximum Gasteiger partial charge on any atom is 0.357 e. The van der Waals surface area contributed by atoms with E-state index >= 15 is 0 Å². The van der Waals surface area contributed by atoms with Crippen molar-refractivity contribution in [3.63, 3.8) is 0 Å². The number of hydrogen-bond donors (Lipinski definition) is 0. The van der Waals surface area contributed by atoms with Gasteiger partial charge >= 0.3 is 5.97 Å². The van der Waals surface area contributed by atoms with Gasteiger partial charge < -0.3 is 19.1 Å². The SMILES string of the molecule is CCN(C[C@H]1COc2ccccc2O1)C(=O)COC(=O)c1ccc2ccccc2n1. The Morgan fingerprint density at radius 3 is 2.67 bits per heavy atom. The van der Waals surface area contributed by atoms with Gasteiger partial charge in [0.1, 0.15) is 12.3 Å². The lowest BCUT2D eigenvalue weighted by Crippen LogP contribution is -2.45. The molecule has 1 aliphatic rings. The summed E-state index contributed by atoms with van der Waals surface area (Å²) in [6.07, 6.45) is -0.290. The van der Waals surface area contributed by atoms with Gasteiger partial charge in [0.25, 0.3) is 5.91 Å². The molecule has 0 aliphatic carbocycles. The van der Waals surface area contributed by atoms with Gasteiger partial charge in [0.05, 0.1) is 12.1 Å². The van der Waals surface area contributed by atoms with Crippen LogP contribution in [0.2, 0.25) is 0 Å². The van der Waals surface area contributed by atoms with Crippen LogP contribution in [0.4, 0.5) is 0 Å². The summed E-state index contributed by atoms with van der Waals surface area (Å²) >= 11 is 0. The van der Waals surface area contributed by atoms with Gasteiger partial charge in [-0.1, -0.05) is 36.4 Å². The van der Waals surface area contributed by atoms with E-state index in [0.717, 1.165) is 5.39 Å². The van der Waals surface area contributed by atoms with E-state index in [9.17, 15) is 9.59 Å². The summed E-state index contributed by atoms with van der Waals surface area (Å²) in [4.78, 5) is 30.8. The Balaban J connectivity index is 1.33. The minimum Gasteiger partial charge on any atom is -0.486 e. The molecule has 2 heterocycles. The Morgan fingerprint density at radius 1 is 1.07 bits per heavy atom. The quantitative estimate of drug-likeness (QED) is 0.586. The van der Waals surface area contributed by atoms with E-state index in [4.69, 9.17) is 14.2 Å². The number of rotatable bonds is 6. The average molecular weight is 406 g/mol. The third-order valence-electron chi connectivity index (χ3n) is 4.86. The normalized spacial score (nSPS) is 14.9. The zero-order valence-electron chi connectivity index (χ0n) is 16.6. The summed E-state index contributed by atoms with van der Waals surface area (Å²) in [5.74, 6) is 0.427. The van der Waals surface area contributed by atoms with Crippen LogP contribution < -0.4 is 9.47 Å². The Morgan fingerprint density at radius 2 is 1.83 bits per heavy atom. The second-order valence-corrected chi connectivity index (χ2v) is 6.90. The molecule has 7 nitrogen and oxygen atoms in total. The largest absolute Gasteiger partial charge is 0.486 e. The number of likely N-dealkylation sites (N-methyl/N-ethyl adjacent to an activating group) is 1. The highest BCUT2D eigenvalue weighted by molar-refractivity contribution is 5.92. The van der Waals surface area contributed by atoms with Crippen LogP contribution in [-0.4, -0.2) is 54.2 Å². The van der Waals surface area contributed by atoms with Gasteiger partial charge in [-0.2, -0.15) is 0 Å². The van der Waals surface area contributed by atoms with Crippen LogP contribution in [0.25, 0.3) is 10.9 Å². The molecular formula is C23H22N2O5. The van der Waals surface area contributed by atoms with Gasteiger partial charge in [0.2, 0.25) is 0 Å². The molecule has 0 fully saturated rings. The van der Waals surface area contributed by atoms with Crippen molar-refractivity contribution in [1.82, 2.24) is 9.88 Å². The smallest absolute Gasteiger partial charge is 0.357 e. The molecule has 0 radical (unpaired) electrons. The van der Waals surface area contributed by atoms with E-state index in [-0.39, 0.29) is 24.3 Å². The fourth-order valence-electron chi connectivity index (χ4n) is 3.28. The predicted molar refractivity (Wildman–Crippen MR) is 111 cm³/mol. The van der Waals surface area contributed by atoms with Crippen LogP contribution >= 0.6 is 0 Å². The number of para-hydroxylation sites is 3. The summed E-state index contributed by atoms with van der Waals surface area (Å²) < 4.78 is 16.8. The van der Waals surface area contributed by atoms with Crippen LogP contribution in [0.3, 0.4) is 0 Å². The molecule has 0 bridgehead atoms. The van der Waals surface area contributed by atoms with E-state index < -0.39 is 5.97 Å². The highest BCUT2D eigenvalue weighted by atomic mass is 16.6. The topological polar surface area (TPSA) is 78.0 Å². The van der Waals surface area contributed by atoms with Crippen molar-refractivity contribution < 1.29 is 23.8 Å². The number of nitrogens with zero attached hydrogens (tertiary/aromatic N) is 2. The molecular weight excluding hydrogens is 384 g/mol. The zero-order valence-corrected chi connectivity index (χ0v) is 16.6. The summed E-state index contributed by atoms with van der Waals surface area (Å²) in [7, 11) is 0. The highest BCUT2D eigenvalue weighted by Crippen LogP contribution is 2.31. The number of ether oxygens (including phenoxy) is 3. The fraction of sp³-hybridized carbons (Fsp3) is 0.261. The van der Waals surface area contributed by atoms with Crippen molar-refractivity contribution in [3.8, 4) is 11.5 Å². The summed E-state index contributed by atoms with van der Waals surface area (Å²) in [5.41, 5.74) is 0.869. The predicted octanol–water partition coefficient (Wildman–Crippen LogP) is 3.08. The summed E-state index contributed by atoms with van der Waals surface area (Å²) in [6, 6.07) is 18.3. The fourth-order valence-corrected chi connectivity index (χ4v) is 3.28. The molecule has 4 rings (SSSR count).